The Morgan fingerprint density at radius 3 is 2.45 bits per heavy atom. The number of halogens is 3. The van der Waals surface area contributed by atoms with Crippen LogP contribution in [0.25, 0.3) is 0 Å². The highest BCUT2D eigenvalue weighted by atomic mass is 35.5. The molecule has 0 unspecified atom stereocenters. The highest BCUT2D eigenvalue weighted by Gasteiger charge is 2.05. The van der Waals surface area contributed by atoms with E-state index in [1.807, 2.05) is 0 Å². The van der Waals surface area contributed by atoms with E-state index in [0.29, 0.717) is 21.3 Å². The van der Waals surface area contributed by atoms with Crippen molar-refractivity contribution in [3.8, 4) is 0 Å². The fourth-order valence-electron chi connectivity index (χ4n) is 1.76. The van der Waals surface area contributed by atoms with Gasteiger partial charge in [0.15, 0.2) is 0 Å². The molecular formula is C16H13Cl2FN2O. The van der Waals surface area contributed by atoms with Gasteiger partial charge in [-0.25, -0.2) is 9.82 Å². The van der Waals surface area contributed by atoms with Gasteiger partial charge in [-0.05, 0) is 42.3 Å². The first-order valence-corrected chi connectivity index (χ1v) is 7.24. The predicted molar refractivity (Wildman–Crippen MR) is 86.9 cm³/mol. The number of benzene rings is 2. The Bertz CT molecular complexity index is 715. The number of nitrogens with zero attached hydrogens (tertiary/aromatic N) is 1. The molecule has 0 bridgehead atoms. The van der Waals surface area contributed by atoms with Gasteiger partial charge < -0.3 is 0 Å². The third-order valence-electron chi connectivity index (χ3n) is 2.96. The van der Waals surface area contributed by atoms with E-state index in [9.17, 15) is 9.18 Å². The summed E-state index contributed by atoms with van der Waals surface area (Å²) in [6.45, 7) is 1.75. The summed E-state index contributed by atoms with van der Waals surface area (Å²) >= 11 is 11.8. The van der Waals surface area contributed by atoms with Crippen molar-refractivity contribution in [3.05, 3.63) is 69.5 Å². The fraction of sp³-hybridized carbons (Fsp3) is 0.125. The molecule has 3 nitrogen and oxygen atoms in total. The predicted octanol–water partition coefficient (Wildman–Crippen LogP) is 4.22. The minimum atomic E-state index is -0.336. The van der Waals surface area contributed by atoms with Gasteiger partial charge in [0.2, 0.25) is 5.91 Å². The van der Waals surface area contributed by atoms with Gasteiger partial charge >= 0.3 is 0 Å². The monoisotopic (exact) mass is 338 g/mol. The van der Waals surface area contributed by atoms with Gasteiger partial charge in [-0.1, -0.05) is 41.4 Å². The molecule has 0 spiro atoms. The van der Waals surface area contributed by atoms with Gasteiger partial charge in [-0.3, -0.25) is 4.79 Å². The molecule has 2 aromatic rings. The number of hydrogen-bond donors (Lipinski definition) is 1. The molecule has 0 aliphatic heterocycles. The first-order chi connectivity index (χ1) is 10.5. The summed E-state index contributed by atoms with van der Waals surface area (Å²) in [6.07, 6.45) is 0.123. The second kappa shape index (κ2) is 7.38. The molecule has 0 radical (unpaired) electrons. The van der Waals surface area contributed by atoms with Crippen LogP contribution in [-0.2, 0) is 11.2 Å². The highest BCUT2D eigenvalue weighted by Crippen LogP contribution is 2.22. The zero-order valence-electron chi connectivity index (χ0n) is 11.7. The average Bonchev–Trinajstić information content (AvgIpc) is 2.50. The van der Waals surface area contributed by atoms with Crippen LogP contribution in [0.2, 0.25) is 10.0 Å². The van der Waals surface area contributed by atoms with Gasteiger partial charge in [0, 0.05) is 0 Å². The van der Waals surface area contributed by atoms with Crippen LogP contribution in [0.5, 0.6) is 0 Å². The molecule has 22 heavy (non-hydrogen) atoms. The summed E-state index contributed by atoms with van der Waals surface area (Å²) in [5.74, 6) is -0.622. The van der Waals surface area contributed by atoms with Gasteiger partial charge in [-0.2, -0.15) is 5.10 Å². The minimum absolute atomic E-state index is 0.123. The number of rotatable bonds is 4. The Kier molecular flexibility index (Phi) is 5.52. The second-order valence-corrected chi connectivity index (χ2v) is 5.48. The number of hydrogen-bond acceptors (Lipinski definition) is 2. The Hall–Kier alpha value is -1.91. The standard InChI is InChI=1S/C16H13Cl2FN2O/c1-10(12-4-7-14(17)15(18)9-12)20-21-16(22)8-11-2-5-13(19)6-3-11/h2-7,9H,8H2,1H3,(H,21,22)/b20-10-. The maximum Gasteiger partial charge on any atom is 0.244 e. The number of carbonyl (C=O) groups excluding carboxylic acids is 1. The van der Waals surface area contributed by atoms with Crippen LogP contribution >= 0.6 is 23.2 Å². The lowest BCUT2D eigenvalue weighted by Gasteiger charge is -2.04. The Morgan fingerprint density at radius 1 is 1.14 bits per heavy atom. The number of carbonyl (C=O) groups is 1. The van der Waals surface area contributed by atoms with E-state index in [-0.39, 0.29) is 18.1 Å². The summed E-state index contributed by atoms with van der Waals surface area (Å²) in [4.78, 5) is 11.8. The van der Waals surface area contributed by atoms with E-state index in [4.69, 9.17) is 23.2 Å². The SMILES string of the molecule is C/C(=N/NC(=O)Cc1ccc(F)cc1)c1ccc(Cl)c(Cl)c1. The van der Waals surface area contributed by atoms with Crippen LogP contribution in [0.4, 0.5) is 4.39 Å². The van der Waals surface area contributed by atoms with Crippen LogP contribution in [0.15, 0.2) is 47.6 Å². The Labute approximate surface area is 137 Å². The largest absolute Gasteiger partial charge is 0.273 e. The van der Waals surface area contributed by atoms with Crippen molar-refractivity contribution < 1.29 is 9.18 Å². The summed E-state index contributed by atoms with van der Waals surface area (Å²) in [5, 5.41) is 4.90. The average molecular weight is 339 g/mol. The van der Waals surface area contributed by atoms with Crippen molar-refractivity contribution in [2.75, 3.05) is 0 Å². The maximum atomic E-state index is 12.8. The molecule has 0 aromatic heterocycles. The van der Waals surface area contributed by atoms with Crippen molar-refractivity contribution in [1.29, 1.82) is 0 Å². The van der Waals surface area contributed by atoms with Gasteiger partial charge in [0.05, 0.1) is 22.2 Å². The molecule has 0 saturated heterocycles. The van der Waals surface area contributed by atoms with Crippen molar-refractivity contribution in [2.24, 2.45) is 5.10 Å². The molecule has 0 saturated carbocycles. The molecule has 6 heteroatoms. The molecule has 2 rings (SSSR count). The molecule has 2 aromatic carbocycles. The van der Waals surface area contributed by atoms with Gasteiger partial charge in [0.25, 0.3) is 0 Å². The topological polar surface area (TPSA) is 41.5 Å². The van der Waals surface area contributed by atoms with Gasteiger partial charge in [0.1, 0.15) is 5.82 Å². The van der Waals surface area contributed by atoms with Crippen LogP contribution in [0.3, 0.4) is 0 Å². The smallest absolute Gasteiger partial charge is 0.244 e. The molecule has 1 amide bonds. The second-order valence-electron chi connectivity index (χ2n) is 4.66. The third kappa shape index (κ3) is 4.55. The first kappa shape index (κ1) is 16.5. The molecular weight excluding hydrogens is 326 g/mol. The highest BCUT2D eigenvalue weighted by molar-refractivity contribution is 6.42. The third-order valence-corrected chi connectivity index (χ3v) is 3.70. The molecule has 0 heterocycles. The van der Waals surface area contributed by atoms with E-state index in [1.165, 1.54) is 12.1 Å². The summed E-state index contributed by atoms with van der Waals surface area (Å²) in [6, 6.07) is 10.8. The molecule has 0 aliphatic carbocycles. The molecule has 114 valence electrons. The molecule has 1 N–H and O–H groups in total. The van der Waals surface area contributed by atoms with E-state index < -0.39 is 0 Å². The normalized spacial score (nSPS) is 11.4. The summed E-state index contributed by atoms with van der Waals surface area (Å²) in [7, 11) is 0. The van der Waals surface area contributed by atoms with Crippen LogP contribution < -0.4 is 5.43 Å². The van der Waals surface area contributed by atoms with Gasteiger partial charge in [-0.15, -0.1) is 0 Å². The van der Waals surface area contributed by atoms with E-state index in [1.54, 1.807) is 37.3 Å². The number of nitrogens with one attached hydrogen (secondary N) is 1. The van der Waals surface area contributed by atoms with Crippen molar-refractivity contribution in [1.82, 2.24) is 5.43 Å². The quantitative estimate of drug-likeness (QED) is 0.658. The van der Waals surface area contributed by atoms with E-state index >= 15 is 0 Å². The van der Waals surface area contributed by atoms with Crippen LogP contribution in [-0.4, -0.2) is 11.6 Å². The zero-order valence-corrected chi connectivity index (χ0v) is 13.2. The first-order valence-electron chi connectivity index (χ1n) is 6.48. The zero-order chi connectivity index (χ0) is 16.1. The van der Waals surface area contributed by atoms with E-state index in [2.05, 4.69) is 10.5 Å². The van der Waals surface area contributed by atoms with Crippen molar-refractivity contribution >= 4 is 34.8 Å². The van der Waals surface area contributed by atoms with Crippen LogP contribution in [0.1, 0.15) is 18.1 Å². The maximum absolute atomic E-state index is 12.8. The lowest BCUT2D eigenvalue weighted by Crippen LogP contribution is -2.21. The Balaban J connectivity index is 1.99. The van der Waals surface area contributed by atoms with Crippen molar-refractivity contribution in [2.45, 2.75) is 13.3 Å². The lowest BCUT2D eigenvalue weighted by atomic mass is 10.1. The van der Waals surface area contributed by atoms with E-state index in [0.717, 1.165) is 5.56 Å². The van der Waals surface area contributed by atoms with Crippen molar-refractivity contribution in [3.63, 3.8) is 0 Å². The number of amides is 1. The molecule has 0 fully saturated rings. The Morgan fingerprint density at radius 2 is 1.82 bits per heavy atom. The fourth-order valence-corrected chi connectivity index (χ4v) is 2.06. The summed E-state index contributed by atoms with van der Waals surface area (Å²) in [5.41, 5.74) is 4.53. The van der Waals surface area contributed by atoms with Crippen LogP contribution in [0, 0.1) is 5.82 Å². The molecule has 0 atom stereocenters. The summed E-state index contributed by atoms with van der Waals surface area (Å²) < 4.78 is 12.8. The lowest BCUT2D eigenvalue weighted by molar-refractivity contribution is -0.120. The number of hydrazone groups is 1. The molecule has 0 aliphatic rings. The minimum Gasteiger partial charge on any atom is -0.273 e.